The summed E-state index contributed by atoms with van der Waals surface area (Å²) < 4.78 is 39.3. The fourth-order valence-electron chi connectivity index (χ4n) is 3.33. The molecule has 1 fully saturated rings. The zero-order chi connectivity index (χ0) is 22.6. The molecule has 0 aromatic heterocycles. The molecule has 1 amide bonds. The van der Waals surface area contributed by atoms with Crippen molar-refractivity contribution in [2.24, 2.45) is 0 Å². The van der Waals surface area contributed by atoms with E-state index in [0.29, 0.717) is 35.9 Å². The predicted molar refractivity (Wildman–Crippen MR) is 117 cm³/mol. The number of aryl methyl sites for hydroxylation is 1. The first-order valence-electron chi connectivity index (χ1n) is 9.87. The minimum Gasteiger partial charge on any atom is -0.493 e. The normalized spacial score (nSPS) is 17.5. The SMILES string of the molecule is COc1cc(N2CCC(Oc3ccc(C)cc3)C2=O)ccc1OC[C@H](O)CS(C)(=O)=O. The van der Waals surface area contributed by atoms with Crippen LogP contribution in [-0.2, 0) is 14.6 Å². The number of methoxy groups -OCH3 is 1. The number of ether oxygens (including phenoxy) is 3. The number of carbonyl (C=O) groups excluding carboxylic acids is 1. The summed E-state index contributed by atoms with van der Waals surface area (Å²) in [5, 5.41) is 9.83. The topological polar surface area (TPSA) is 102 Å². The Labute approximate surface area is 182 Å². The van der Waals surface area contributed by atoms with E-state index in [4.69, 9.17) is 14.2 Å². The van der Waals surface area contributed by atoms with Crippen molar-refractivity contribution in [3.63, 3.8) is 0 Å². The largest absolute Gasteiger partial charge is 0.493 e. The van der Waals surface area contributed by atoms with E-state index in [0.717, 1.165) is 11.8 Å². The number of hydrogen-bond acceptors (Lipinski definition) is 7. The van der Waals surface area contributed by atoms with Crippen LogP contribution in [0, 0.1) is 6.92 Å². The first-order chi connectivity index (χ1) is 14.7. The van der Waals surface area contributed by atoms with E-state index in [2.05, 4.69) is 0 Å². The average molecular weight is 450 g/mol. The number of benzene rings is 2. The third kappa shape index (κ3) is 6.11. The number of nitrogens with zero attached hydrogens (tertiary/aromatic N) is 1. The number of hydrogen-bond donors (Lipinski definition) is 1. The molecule has 9 heteroatoms. The maximum atomic E-state index is 12.8. The molecular weight excluding hydrogens is 422 g/mol. The van der Waals surface area contributed by atoms with Crippen LogP contribution in [0.15, 0.2) is 42.5 Å². The van der Waals surface area contributed by atoms with Gasteiger partial charge >= 0.3 is 0 Å². The van der Waals surface area contributed by atoms with Crippen molar-refractivity contribution in [3.8, 4) is 17.2 Å². The summed E-state index contributed by atoms with van der Waals surface area (Å²) in [6.45, 7) is 2.29. The van der Waals surface area contributed by atoms with Crippen LogP contribution in [0.25, 0.3) is 0 Å². The predicted octanol–water partition coefficient (Wildman–Crippen LogP) is 1.97. The summed E-state index contributed by atoms with van der Waals surface area (Å²) >= 11 is 0. The highest BCUT2D eigenvalue weighted by atomic mass is 32.2. The molecule has 0 radical (unpaired) electrons. The van der Waals surface area contributed by atoms with E-state index < -0.39 is 27.8 Å². The van der Waals surface area contributed by atoms with Gasteiger partial charge in [0.05, 0.1) is 12.9 Å². The minimum absolute atomic E-state index is 0.139. The van der Waals surface area contributed by atoms with Crippen molar-refractivity contribution in [2.75, 3.05) is 37.2 Å². The second-order valence-electron chi connectivity index (χ2n) is 7.59. The summed E-state index contributed by atoms with van der Waals surface area (Å²) in [5.74, 6) is 0.843. The highest BCUT2D eigenvalue weighted by Crippen LogP contribution is 2.34. The van der Waals surface area contributed by atoms with E-state index in [-0.39, 0.29) is 12.5 Å². The number of carbonyl (C=O) groups is 1. The van der Waals surface area contributed by atoms with Crippen molar-refractivity contribution in [1.29, 1.82) is 0 Å². The lowest BCUT2D eigenvalue weighted by Gasteiger charge is -2.20. The molecule has 0 spiro atoms. The van der Waals surface area contributed by atoms with Gasteiger partial charge in [-0.1, -0.05) is 17.7 Å². The van der Waals surface area contributed by atoms with Gasteiger partial charge in [0, 0.05) is 31.0 Å². The molecule has 1 N–H and O–H groups in total. The number of amides is 1. The van der Waals surface area contributed by atoms with E-state index in [1.165, 1.54) is 7.11 Å². The lowest BCUT2D eigenvalue weighted by molar-refractivity contribution is -0.122. The van der Waals surface area contributed by atoms with Crippen LogP contribution in [-0.4, -0.2) is 63.9 Å². The molecule has 31 heavy (non-hydrogen) atoms. The van der Waals surface area contributed by atoms with Crippen molar-refractivity contribution in [1.82, 2.24) is 0 Å². The number of sulfone groups is 1. The summed E-state index contributed by atoms with van der Waals surface area (Å²) in [5.41, 5.74) is 1.76. The molecule has 2 atom stereocenters. The van der Waals surface area contributed by atoms with E-state index in [9.17, 15) is 18.3 Å². The van der Waals surface area contributed by atoms with Crippen LogP contribution < -0.4 is 19.1 Å². The van der Waals surface area contributed by atoms with Gasteiger partial charge in [-0.3, -0.25) is 4.79 Å². The monoisotopic (exact) mass is 449 g/mol. The van der Waals surface area contributed by atoms with E-state index in [1.54, 1.807) is 23.1 Å². The van der Waals surface area contributed by atoms with Gasteiger partial charge in [-0.15, -0.1) is 0 Å². The molecule has 0 bridgehead atoms. The lowest BCUT2D eigenvalue weighted by Crippen LogP contribution is -2.32. The van der Waals surface area contributed by atoms with Crippen LogP contribution in [0.1, 0.15) is 12.0 Å². The molecule has 1 aliphatic heterocycles. The Bertz CT molecular complexity index is 1020. The van der Waals surface area contributed by atoms with Crippen LogP contribution >= 0.6 is 0 Å². The number of aliphatic hydroxyl groups excluding tert-OH is 1. The van der Waals surface area contributed by atoms with Crippen LogP contribution in [0.2, 0.25) is 0 Å². The second-order valence-corrected chi connectivity index (χ2v) is 9.78. The van der Waals surface area contributed by atoms with Gasteiger partial charge in [-0.05, 0) is 31.2 Å². The maximum Gasteiger partial charge on any atom is 0.268 e. The van der Waals surface area contributed by atoms with Gasteiger partial charge in [-0.25, -0.2) is 8.42 Å². The summed E-state index contributed by atoms with van der Waals surface area (Å²) in [6.07, 6.45) is -0.102. The Morgan fingerprint density at radius 2 is 1.87 bits per heavy atom. The van der Waals surface area contributed by atoms with Gasteiger partial charge in [-0.2, -0.15) is 0 Å². The van der Waals surface area contributed by atoms with Gasteiger partial charge in [0.1, 0.15) is 28.3 Å². The fourth-order valence-corrected chi connectivity index (χ4v) is 4.12. The van der Waals surface area contributed by atoms with Crippen LogP contribution in [0.5, 0.6) is 17.2 Å². The van der Waals surface area contributed by atoms with Crippen LogP contribution in [0.4, 0.5) is 5.69 Å². The standard InChI is InChI=1S/C22H27NO7S/c1-15-4-7-18(8-5-15)30-20-10-11-23(22(20)25)16-6-9-19(21(12-16)28-2)29-13-17(24)14-31(3,26)27/h4-9,12,17,20,24H,10-11,13-14H2,1-3H3/t17-,20?/m0/s1. The Hall–Kier alpha value is -2.78. The summed E-state index contributed by atoms with van der Waals surface area (Å²) in [6, 6.07) is 12.6. The first kappa shape index (κ1) is 22.9. The molecule has 8 nitrogen and oxygen atoms in total. The molecule has 2 aromatic carbocycles. The Balaban J connectivity index is 1.66. The zero-order valence-electron chi connectivity index (χ0n) is 17.8. The molecule has 3 rings (SSSR count). The third-order valence-electron chi connectivity index (χ3n) is 4.84. The fraction of sp³-hybridized carbons (Fsp3) is 0.409. The van der Waals surface area contributed by atoms with E-state index >= 15 is 0 Å². The molecule has 1 heterocycles. The smallest absolute Gasteiger partial charge is 0.268 e. The molecule has 168 valence electrons. The number of anilines is 1. The lowest BCUT2D eigenvalue weighted by atomic mass is 10.2. The number of aliphatic hydroxyl groups is 1. The Kier molecular flexibility index (Phi) is 7.07. The molecule has 0 aliphatic carbocycles. The second kappa shape index (κ2) is 9.57. The molecule has 1 unspecified atom stereocenters. The van der Waals surface area contributed by atoms with Crippen molar-refractivity contribution < 1.29 is 32.5 Å². The van der Waals surface area contributed by atoms with E-state index in [1.807, 2.05) is 31.2 Å². The molecular formula is C22H27NO7S. The van der Waals surface area contributed by atoms with Gasteiger partial charge in [0.15, 0.2) is 17.6 Å². The van der Waals surface area contributed by atoms with Crippen molar-refractivity contribution >= 4 is 21.4 Å². The average Bonchev–Trinajstić information content (AvgIpc) is 3.07. The number of rotatable bonds is 9. The maximum absolute atomic E-state index is 12.8. The van der Waals surface area contributed by atoms with Crippen LogP contribution in [0.3, 0.4) is 0 Å². The molecule has 2 aromatic rings. The minimum atomic E-state index is -3.31. The molecule has 1 saturated heterocycles. The summed E-state index contributed by atoms with van der Waals surface area (Å²) in [7, 11) is -1.85. The van der Waals surface area contributed by atoms with Gasteiger partial charge in [0.25, 0.3) is 5.91 Å². The highest BCUT2D eigenvalue weighted by Gasteiger charge is 2.34. The molecule has 0 saturated carbocycles. The summed E-state index contributed by atoms with van der Waals surface area (Å²) in [4.78, 5) is 14.5. The highest BCUT2D eigenvalue weighted by molar-refractivity contribution is 7.90. The molecule has 1 aliphatic rings. The van der Waals surface area contributed by atoms with Gasteiger partial charge < -0.3 is 24.2 Å². The van der Waals surface area contributed by atoms with Crippen molar-refractivity contribution in [3.05, 3.63) is 48.0 Å². The van der Waals surface area contributed by atoms with Crippen molar-refractivity contribution in [2.45, 2.75) is 25.6 Å². The Morgan fingerprint density at radius 3 is 2.52 bits per heavy atom. The zero-order valence-corrected chi connectivity index (χ0v) is 18.6. The quantitative estimate of drug-likeness (QED) is 0.624. The van der Waals surface area contributed by atoms with Gasteiger partial charge in [0.2, 0.25) is 0 Å². The first-order valence-corrected chi connectivity index (χ1v) is 11.9. The Morgan fingerprint density at radius 1 is 1.16 bits per heavy atom. The third-order valence-corrected chi connectivity index (χ3v) is 5.83.